The van der Waals surface area contributed by atoms with Crippen LogP contribution in [0.5, 0.6) is 0 Å². The van der Waals surface area contributed by atoms with Gasteiger partial charge < -0.3 is 0 Å². The maximum atomic E-state index is 10.8. The van der Waals surface area contributed by atoms with Gasteiger partial charge in [-0.2, -0.15) is 0 Å². The first-order chi connectivity index (χ1) is 5.06. The Morgan fingerprint density at radius 2 is 2.09 bits per heavy atom. The maximum absolute atomic E-state index is 10.8. The van der Waals surface area contributed by atoms with E-state index in [2.05, 4.69) is 0 Å². The second kappa shape index (κ2) is 2.92. The van der Waals surface area contributed by atoms with Gasteiger partial charge >= 0.3 is 0 Å². The van der Waals surface area contributed by atoms with E-state index in [-0.39, 0.29) is 9.83 Å². The predicted octanol–water partition coefficient (Wildman–Crippen LogP) is 1.37. The molecule has 1 rings (SSSR count). The molecule has 0 unspecified atom stereocenters. The van der Waals surface area contributed by atoms with Crippen LogP contribution in [0.1, 0.15) is 0 Å². The highest BCUT2D eigenvalue weighted by Crippen LogP contribution is 2.25. The first-order valence-corrected chi connectivity index (χ1v) is 5.26. The number of thiophene rings is 1. The van der Waals surface area contributed by atoms with Crippen LogP contribution in [0.3, 0.4) is 0 Å². The Bertz CT molecular complexity index is 365. The van der Waals surface area contributed by atoms with Gasteiger partial charge in [-0.15, -0.1) is 11.3 Å². The molecule has 1 aromatic rings. The summed E-state index contributed by atoms with van der Waals surface area (Å²) in [6.07, 6.45) is 0. The number of carbonyl (C=O) groups excluding carboxylic acids is 1. The molecule has 0 N–H and O–H groups in total. The topological polar surface area (TPSA) is 51.2 Å². The van der Waals surface area contributed by atoms with Gasteiger partial charge in [0.2, 0.25) is 15.5 Å². The molecule has 0 spiro atoms. The van der Waals surface area contributed by atoms with Crippen LogP contribution >= 0.6 is 22.9 Å². The molecule has 1 heterocycles. The molecule has 0 saturated heterocycles. The monoisotopic (exact) mass is 210 g/mol. The smallest absolute Gasteiger partial charge is 0.246 e. The van der Waals surface area contributed by atoms with Gasteiger partial charge in [-0.1, -0.05) is 11.6 Å². The van der Waals surface area contributed by atoms with E-state index in [1.807, 2.05) is 0 Å². The molecule has 0 amide bonds. The number of carbonyl (C=O) groups is 1. The summed E-state index contributed by atoms with van der Waals surface area (Å²) in [4.78, 5) is 10.0. The molecule has 6 heteroatoms. The molecule has 11 heavy (non-hydrogen) atoms. The van der Waals surface area contributed by atoms with Crippen LogP contribution in [0.25, 0.3) is 0 Å². The molecule has 0 atom stereocenters. The zero-order valence-corrected chi connectivity index (χ0v) is 7.54. The Morgan fingerprint density at radius 3 is 2.45 bits per heavy atom. The molecule has 3 nitrogen and oxygen atoms in total. The lowest BCUT2D eigenvalue weighted by Gasteiger charge is -1.85. The van der Waals surface area contributed by atoms with E-state index in [4.69, 9.17) is 11.6 Å². The lowest BCUT2D eigenvalue weighted by Crippen LogP contribution is -1.97. The second-order valence-electron chi connectivity index (χ2n) is 1.70. The Hall–Kier alpha value is -0.390. The highest BCUT2D eigenvalue weighted by Gasteiger charge is 2.14. The first-order valence-electron chi connectivity index (χ1n) is 2.52. The summed E-state index contributed by atoms with van der Waals surface area (Å²) in [5, 5.41) is 0. The summed E-state index contributed by atoms with van der Waals surface area (Å²) in [7, 11) is -3.72. The Labute approximate surface area is 72.5 Å². The summed E-state index contributed by atoms with van der Waals surface area (Å²) in [6, 6.07) is 2.74. The summed E-state index contributed by atoms with van der Waals surface area (Å²) >= 11 is 6.33. The van der Waals surface area contributed by atoms with Crippen molar-refractivity contribution in [2.24, 2.45) is 0 Å². The average Bonchev–Trinajstić information content (AvgIpc) is 2.36. The van der Waals surface area contributed by atoms with Gasteiger partial charge in [0.05, 0.1) is 4.34 Å². The van der Waals surface area contributed by atoms with Gasteiger partial charge in [0.25, 0.3) is 0 Å². The van der Waals surface area contributed by atoms with E-state index >= 15 is 0 Å². The van der Waals surface area contributed by atoms with E-state index in [1.165, 1.54) is 12.1 Å². The molecular weight excluding hydrogens is 208 g/mol. The lowest BCUT2D eigenvalue weighted by atomic mass is 10.7. The molecule has 0 aromatic carbocycles. The number of rotatable bonds is 2. The maximum Gasteiger partial charge on any atom is 0.246 e. The fraction of sp³-hybridized carbons (Fsp3) is 0. The van der Waals surface area contributed by atoms with Crippen molar-refractivity contribution < 1.29 is 13.2 Å². The minimum atomic E-state index is -3.72. The zero-order chi connectivity index (χ0) is 8.48. The standard InChI is InChI=1S/C5H3ClO3S2/c6-4-1-2-5(10-4)11(8,9)3-7/h1-3H. The van der Waals surface area contributed by atoms with Crippen molar-refractivity contribution in [2.75, 3.05) is 0 Å². The fourth-order valence-electron chi connectivity index (χ4n) is 0.498. The number of hydrogen-bond acceptors (Lipinski definition) is 4. The molecule has 0 radical (unpaired) electrons. The fourth-order valence-corrected chi connectivity index (χ4v) is 2.62. The molecule has 1 aromatic heterocycles. The van der Waals surface area contributed by atoms with E-state index in [1.54, 1.807) is 0 Å². The second-order valence-corrected chi connectivity index (χ2v) is 5.40. The SMILES string of the molecule is O=CS(=O)(=O)c1ccc(Cl)s1. The Morgan fingerprint density at radius 1 is 1.45 bits per heavy atom. The van der Waals surface area contributed by atoms with Gasteiger partial charge in [-0.3, -0.25) is 4.79 Å². The average molecular weight is 211 g/mol. The quantitative estimate of drug-likeness (QED) is 0.693. The highest BCUT2D eigenvalue weighted by molar-refractivity contribution is 8.05. The first kappa shape index (κ1) is 8.70. The predicted molar refractivity (Wildman–Crippen MR) is 43.3 cm³/mol. The third-order valence-electron chi connectivity index (χ3n) is 0.956. The van der Waals surface area contributed by atoms with Crippen LogP contribution in [0.15, 0.2) is 16.3 Å². The largest absolute Gasteiger partial charge is 0.285 e. The Balaban J connectivity index is 3.23. The van der Waals surface area contributed by atoms with Gasteiger partial charge in [-0.05, 0) is 12.1 Å². The number of halogens is 1. The molecule has 0 aliphatic rings. The molecule has 0 saturated carbocycles. The van der Waals surface area contributed by atoms with E-state index in [0.29, 0.717) is 4.34 Å². The molecular formula is C5H3ClO3S2. The molecule has 0 fully saturated rings. The van der Waals surface area contributed by atoms with Gasteiger partial charge in [0, 0.05) is 0 Å². The van der Waals surface area contributed by atoms with Crippen molar-refractivity contribution in [1.29, 1.82) is 0 Å². The molecule has 60 valence electrons. The summed E-state index contributed by atoms with van der Waals surface area (Å²) in [6.45, 7) is 0. The third kappa shape index (κ3) is 1.79. The summed E-state index contributed by atoms with van der Waals surface area (Å²) in [5.74, 6) is 0. The van der Waals surface area contributed by atoms with Crippen molar-refractivity contribution >= 4 is 38.4 Å². The summed E-state index contributed by atoms with van der Waals surface area (Å²) < 4.78 is 21.9. The minimum absolute atomic E-state index is 0.0162. The van der Waals surface area contributed by atoms with E-state index < -0.39 is 9.84 Å². The van der Waals surface area contributed by atoms with E-state index in [9.17, 15) is 13.2 Å². The number of sulfone groups is 1. The molecule has 0 aliphatic heterocycles. The van der Waals surface area contributed by atoms with Gasteiger partial charge in [-0.25, -0.2) is 8.42 Å². The third-order valence-corrected chi connectivity index (χ3v) is 3.88. The molecule has 0 bridgehead atoms. The van der Waals surface area contributed by atoms with Crippen LogP contribution in [-0.2, 0) is 14.6 Å². The van der Waals surface area contributed by atoms with E-state index in [0.717, 1.165) is 11.3 Å². The van der Waals surface area contributed by atoms with Crippen LogP contribution in [0.4, 0.5) is 0 Å². The zero-order valence-electron chi connectivity index (χ0n) is 5.15. The van der Waals surface area contributed by atoms with Crippen molar-refractivity contribution in [2.45, 2.75) is 4.21 Å². The highest BCUT2D eigenvalue weighted by atomic mass is 35.5. The van der Waals surface area contributed by atoms with Crippen molar-refractivity contribution in [3.8, 4) is 0 Å². The normalized spacial score (nSPS) is 11.4. The summed E-state index contributed by atoms with van der Waals surface area (Å²) in [5.41, 5.74) is -0.0881. The van der Waals surface area contributed by atoms with Crippen molar-refractivity contribution in [1.82, 2.24) is 0 Å². The van der Waals surface area contributed by atoms with Crippen LogP contribution in [0.2, 0.25) is 4.34 Å². The number of hydrogen-bond donors (Lipinski definition) is 0. The molecule has 0 aliphatic carbocycles. The van der Waals surface area contributed by atoms with Gasteiger partial charge in [0.1, 0.15) is 4.21 Å². The Kier molecular flexibility index (Phi) is 2.31. The van der Waals surface area contributed by atoms with Crippen LogP contribution in [-0.4, -0.2) is 14.0 Å². The van der Waals surface area contributed by atoms with Crippen LogP contribution in [0, 0.1) is 0 Å². The van der Waals surface area contributed by atoms with Crippen LogP contribution < -0.4 is 0 Å². The minimum Gasteiger partial charge on any atom is -0.285 e. The van der Waals surface area contributed by atoms with Gasteiger partial charge in [0.15, 0.2) is 0 Å². The lowest BCUT2D eigenvalue weighted by molar-refractivity contribution is 0.556. The van der Waals surface area contributed by atoms with Crippen molar-refractivity contribution in [3.05, 3.63) is 16.5 Å². The van der Waals surface area contributed by atoms with Crippen molar-refractivity contribution in [3.63, 3.8) is 0 Å².